The molecule has 1 aromatic rings. The molecule has 2 heterocycles. The molecule has 218 valence electrons. The Morgan fingerprint density at radius 1 is 1.15 bits per heavy atom. The van der Waals surface area contributed by atoms with Crippen LogP contribution in [0.5, 0.6) is 0 Å². The maximum Gasteiger partial charge on any atom is 0.511 e. The highest BCUT2D eigenvalue weighted by molar-refractivity contribution is 5.96. The van der Waals surface area contributed by atoms with Crippen molar-refractivity contribution in [1.29, 1.82) is 0 Å². The number of nitrogens with one attached hydrogen (secondary N) is 1. The Morgan fingerprint density at radius 2 is 1.90 bits per heavy atom. The molecular weight excluding hydrogens is 526 g/mol. The van der Waals surface area contributed by atoms with E-state index in [9.17, 15) is 19.2 Å². The van der Waals surface area contributed by atoms with E-state index in [1.807, 2.05) is 37.3 Å². The maximum atomic E-state index is 13.4. The number of nitrogens with zero attached hydrogens (tertiary/aromatic N) is 1. The molecule has 0 aliphatic carbocycles. The Morgan fingerprint density at radius 3 is 2.60 bits per heavy atom. The van der Waals surface area contributed by atoms with Crippen LogP contribution in [0.15, 0.2) is 53.6 Å². The molecule has 3 rings (SSSR count). The number of methoxy groups -OCH3 is 1. The van der Waals surface area contributed by atoms with Gasteiger partial charge in [-0.1, -0.05) is 37.3 Å². The average Bonchev–Trinajstić information content (AvgIpc) is 2.99. The summed E-state index contributed by atoms with van der Waals surface area (Å²) in [5.74, 6) is 3.36. The molecular formula is C27H35N3O10. The lowest BCUT2D eigenvalue weighted by Crippen LogP contribution is -2.55. The van der Waals surface area contributed by atoms with Gasteiger partial charge in [-0.15, -0.1) is 0 Å². The number of hydrazine groups is 1. The van der Waals surface area contributed by atoms with Crippen molar-refractivity contribution in [1.82, 2.24) is 10.3 Å². The third-order valence-corrected chi connectivity index (χ3v) is 6.07. The molecule has 2 aliphatic heterocycles. The first-order chi connectivity index (χ1) is 19.2. The molecule has 0 bridgehead atoms. The van der Waals surface area contributed by atoms with Gasteiger partial charge in [0.2, 0.25) is 6.79 Å². The fourth-order valence-corrected chi connectivity index (χ4v) is 4.10. The first-order valence-electron chi connectivity index (χ1n) is 12.9. The summed E-state index contributed by atoms with van der Waals surface area (Å²) >= 11 is 0. The molecule has 0 spiro atoms. The monoisotopic (exact) mass is 561 g/mol. The molecule has 1 aromatic carbocycles. The number of esters is 2. The largest absolute Gasteiger partial charge is 0.511 e. The third-order valence-electron chi connectivity index (χ3n) is 6.07. The maximum absolute atomic E-state index is 13.4. The Hall–Kier alpha value is -4.26. The number of carbonyl (C=O) groups is 4. The molecule has 0 radical (unpaired) electrons. The molecule has 1 amide bonds. The van der Waals surface area contributed by atoms with Gasteiger partial charge in [0.15, 0.2) is 17.6 Å². The topological polar surface area (TPSA) is 165 Å². The predicted molar refractivity (Wildman–Crippen MR) is 138 cm³/mol. The van der Waals surface area contributed by atoms with Crippen LogP contribution in [0.25, 0.3) is 0 Å². The van der Waals surface area contributed by atoms with E-state index in [4.69, 9.17) is 34.3 Å². The summed E-state index contributed by atoms with van der Waals surface area (Å²) in [6.45, 7) is 2.73. The Kier molecular flexibility index (Phi) is 11.2. The first kappa shape index (κ1) is 30.3. The van der Waals surface area contributed by atoms with Crippen molar-refractivity contribution in [2.45, 2.75) is 45.3 Å². The zero-order valence-electron chi connectivity index (χ0n) is 22.8. The number of benzene rings is 1. The fourth-order valence-electron chi connectivity index (χ4n) is 4.10. The van der Waals surface area contributed by atoms with Crippen LogP contribution < -0.4 is 11.2 Å². The van der Waals surface area contributed by atoms with Crippen molar-refractivity contribution in [3.8, 4) is 0 Å². The van der Waals surface area contributed by atoms with Crippen LogP contribution in [0.2, 0.25) is 0 Å². The summed E-state index contributed by atoms with van der Waals surface area (Å²) in [7, 11) is 1.36. The summed E-state index contributed by atoms with van der Waals surface area (Å²) in [5, 5.41) is 3.44. The van der Waals surface area contributed by atoms with Crippen molar-refractivity contribution in [3.63, 3.8) is 0 Å². The van der Waals surface area contributed by atoms with E-state index in [1.165, 1.54) is 7.11 Å². The van der Waals surface area contributed by atoms with Gasteiger partial charge >= 0.3 is 18.1 Å². The van der Waals surface area contributed by atoms with Crippen LogP contribution in [0.4, 0.5) is 4.79 Å². The van der Waals surface area contributed by atoms with Crippen LogP contribution in [0.3, 0.4) is 0 Å². The molecule has 13 nitrogen and oxygen atoms in total. The highest BCUT2D eigenvalue weighted by Crippen LogP contribution is 2.23. The van der Waals surface area contributed by atoms with Gasteiger partial charge in [0.25, 0.3) is 5.91 Å². The van der Waals surface area contributed by atoms with Crippen LogP contribution in [-0.4, -0.2) is 74.8 Å². The molecule has 3 N–H and O–H groups in total. The zero-order valence-corrected chi connectivity index (χ0v) is 22.8. The summed E-state index contributed by atoms with van der Waals surface area (Å²) < 4.78 is 31.4. The Labute approximate surface area is 232 Å². The molecule has 1 fully saturated rings. The molecule has 0 unspecified atom stereocenters. The van der Waals surface area contributed by atoms with E-state index < -0.39 is 55.5 Å². The smallest absolute Gasteiger partial charge is 0.493 e. The predicted octanol–water partition coefficient (Wildman–Crippen LogP) is 1.68. The number of carbonyl (C=O) groups excluding carboxylic acids is 4. The quantitative estimate of drug-likeness (QED) is 0.106. The van der Waals surface area contributed by atoms with Crippen LogP contribution >= 0.6 is 0 Å². The van der Waals surface area contributed by atoms with Crippen LogP contribution in [-0.2, 0) is 49.2 Å². The number of cyclic esters (lactones) is 2. The summed E-state index contributed by atoms with van der Waals surface area (Å²) in [6.07, 6.45) is 1.24. The van der Waals surface area contributed by atoms with Gasteiger partial charge in [0, 0.05) is 6.54 Å². The zero-order chi connectivity index (χ0) is 29.1. The normalized spacial score (nSPS) is 21.3. The Bertz CT molecular complexity index is 1120. The SMILES string of the molecule is CCCOC(=O)OCOC1=C(C(=O)N(N)[C@H]2COC(=O)[C@H](Cc3ccccc3)C[C@H](C)OC2=O)NCC=C1OC. The van der Waals surface area contributed by atoms with E-state index in [1.54, 1.807) is 13.0 Å². The standard InChI is InChI=1S/C27H35N3O10/c1-4-12-36-27(34)39-16-38-23-21(35-3)10-11-29-22(23)24(31)30(28)20-15-37-25(32)19(13-17(2)40-26(20)33)14-18-8-6-5-7-9-18/h5-10,17,19-20,29H,4,11-16,28H2,1-3H3/t17-,19-,20-/m0/s1. The van der Waals surface area contributed by atoms with Gasteiger partial charge in [-0.25, -0.2) is 15.4 Å². The van der Waals surface area contributed by atoms with Crippen LogP contribution in [0, 0.1) is 5.92 Å². The van der Waals surface area contributed by atoms with E-state index in [0.717, 1.165) is 5.56 Å². The van der Waals surface area contributed by atoms with Gasteiger partial charge in [-0.3, -0.25) is 14.6 Å². The number of nitrogens with two attached hydrogens (primary N) is 1. The lowest BCUT2D eigenvalue weighted by atomic mass is 9.94. The lowest BCUT2D eigenvalue weighted by Gasteiger charge is -2.29. The van der Waals surface area contributed by atoms with Crippen molar-refractivity contribution in [2.75, 3.05) is 33.7 Å². The van der Waals surface area contributed by atoms with Gasteiger partial charge in [-0.2, -0.15) is 0 Å². The van der Waals surface area contributed by atoms with E-state index in [2.05, 4.69) is 5.32 Å². The minimum Gasteiger partial charge on any atom is -0.493 e. The summed E-state index contributed by atoms with van der Waals surface area (Å²) in [5.41, 5.74) is 0.767. The summed E-state index contributed by atoms with van der Waals surface area (Å²) in [6, 6.07) is 7.96. The minimum atomic E-state index is -1.44. The second kappa shape index (κ2) is 14.8. The van der Waals surface area contributed by atoms with Crippen molar-refractivity contribution in [3.05, 3.63) is 59.2 Å². The number of amides is 1. The second-order valence-electron chi connectivity index (χ2n) is 9.09. The average molecular weight is 562 g/mol. The second-order valence-corrected chi connectivity index (χ2v) is 9.09. The van der Waals surface area contributed by atoms with Gasteiger partial charge < -0.3 is 33.7 Å². The van der Waals surface area contributed by atoms with E-state index >= 15 is 0 Å². The molecule has 2 aliphatic rings. The third kappa shape index (κ3) is 8.12. The van der Waals surface area contributed by atoms with Gasteiger partial charge in [0.05, 0.1) is 25.7 Å². The molecule has 3 atom stereocenters. The lowest BCUT2D eigenvalue weighted by molar-refractivity contribution is -0.161. The molecule has 1 saturated heterocycles. The number of ether oxygens (including phenoxy) is 6. The van der Waals surface area contributed by atoms with Crippen molar-refractivity contribution >= 4 is 24.0 Å². The van der Waals surface area contributed by atoms with E-state index in [-0.39, 0.29) is 36.8 Å². The van der Waals surface area contributed by atoms with Gasteiger partial charge in [-0.05, 0) is 37.8 Å². The molecule has 13 heteroatoms. The minimum absolute atomic E-state index is 0.109. The van der Waals surface area contributed by atoms with Crippen molar-refractivity contribution in [2.24, 2.45) is 11.8 Å². The Balaban J connectivity index is 1.75. The van der Waals surface area contributed by atoms with Gasteiger partial charge in [0.1, 0.15) is 12.3 Å². The number of hydrogen-bond donors (Lipinski definition) is 2. The number of dihydropyridines is 1. The first-order valence-corrected chi connectivity index (χ1v) is 12.9. The van der Waals surface area contributed by atoms with E-state index in [0.29, 0.717) is 17.9 Å². The molecule has 0 saturated carbocycles. The fraction of sp³-hybridized carbons (Fsp3) is 0.481. The molecule has 0 aromatic heterocycles. The highest BCUT2D eigenvalue weighted by atomic mass is 16.8. The number of rotatable bonds is 10. The number of hydrogen-bond acceptors (Lipinski definition) is 12. The highest BCUT2D eigenvalue weighted by Gasteiger charge is 2.38. The van der Waals surface area contributed by atoms with Crippen molar-refractivity contribution < 1.29 is 47.6 Å². The summed E-state index contributed by atoms with van der Waals surface area (Å²) in [4.78, 5) is 51.0. The van der Waals surface area contributed by atoms with Crippen LogP contribution in [0.1, 0.15) is 32.3 Å². The molecule has 40 heavy (non-hydrogen) atoms.